The van der Waals surface area contributed by atoms with Crippen LogP contribution in [0.5, 0.6) is 0 Å². The Bertz CT molecular complexity index is 2580. The second-order valence-electron chi connectivity index (χ2n) is 13.2. The van der Waals surface area contributed by atoms with Gasteiger partial charge in [0.05, 0.1) is 56.1 Å². The summed E-state index contributed by atoms with van der Waals surface area (Å²) < 4.78 is 408. The summed E-state index contributed by atoms with van der Waals surface area (Å²) in [5.74, 6) is -65.0. The van der Waals surface area contributed by atoms with E-state index in [-0.39, 0.29) is 37.6 Å². The first kappa shape index (κ1) is 52.9. The van der Waals surface area contributed by atoms with Crippen molar-refractivity contribution >= 4 is 45.9 Å². The monoisotopic (exact) mass is 1180 g/mol. The summed E-state index contributed by atoms with van der Waals surface area (Å²) in [7, 11) is 0. The molecule has 2 aliphatic heterocycles. The van der Waals surface area contributed by atoms with Crippen LogP contribution in [0.1, 0.15) is 39.5 Å². The minimum Gasteiger partial charge on any atom is -0.355 e. The van der Waals surface area contributed by atoms with Gasteiger partial charge in [0.1, 0.15) is 0 Å². The van der Waals surface area contributed by atoms with Crippen LogP contribution in [0, 0.1) is 0 Å². The number of nitrogens with zero attached hydrogens (tertiary/aromatic N) is 2. The number of nitrogens with one attached hydrogen (secondary N) is 2. The average molecular weight is 1180 g/mol. The minimum atomic E-state index is -8.43. The number of H-pyrrole nitrogens is 2. The van der Waals surface area contributed by atoms with E-state index in [9.17, 15) is 87.8 Å². The summed E-state index contributed by atoms with van der Waals surface area (Å²) in [6.07, 6.45) is -32.1. The molecule has 3 aromatic heterocycles. The van der Waals surface area contributed by atoms with Crippen LogP contribution in [0.2, 0.25) is 0 Å². The van der Waals surface area contributed by atoms with Crippen LogP contribution >= 0.6 is 0 Å². The molecule has 2 N–H and O–H groups in total. The van der Waals surface area contributed by atoms with Crippen molar-refractivity contribution in [2.75, 3.05) is 0 Å². The van der Waals surface area contributed by atoms with Gasteiger partial charge < -0.3 is 9.97 Å². The van der Waals surface area contributed by atoms with Gasteiger partial charge in [-0.3, -0.25) is 0 Å². The van der Waals surface area contributed by atoms with Gasteiger partial charge in [-0.25, -0.2) is 9.97 Å². The molecule has 0 aliphatic carbocycles. The van der Waals surface area contributed by atoms with Crippen molar-refractivity contribution < 1.29 is 144 Å². The van der Waals surface area contributed by atoms with Gasteiger partial charge in [-0.15, -0.1) is 0 Å². The number of allylic oxidation sites excluding steroid dienone is 1. The van der Waals surface area contributed by atoms with Crippen LogP contribution in [0.4, 0.5) is 123 Å². The van der Waals surface area contributed by atoms with Crippen LogP contribution < -0.4 is 0 Å². The van der Waals surface area contributed by atoms with Crippen molar-refractivity contribution in [3.05, 3.63) is 69.8 Å². The molecule has 0 amide bonds. The largest absolute Gasteiger partial charge is 0.460 e. The third-order valence-electron chi connectivity index (χ3n) is 8.90. The summed E-state index contributed by atoms with van der Waals surface area (Å²) in [4.78, 5) is 8.26. The number of alkyl halides is 28. The molecule has 0 atom stereocenters. The maximum absolute atomic E-state index is 16.2. The summed E-state index contributed by atoms with van der Waals surface area (Å²) >= 11 is 0. The summed E-state index contributed by atoms with van der Waals surface area (Å²) in [6.45, 7) is 0. The normalized spacial score (nSPS) is 15.6. The fourth-order valence-electron chi connectivity index (χ4n) is 5.79. The molecule has 2 aliphatic rings. The van der Waals surface area contributed by atoms with Crippen molar-refractivity contribution in [3.63, 3.8) is 0 Å². The molecule has 0 radical (unpaired) electrons. The molecule has 3 aromatic rings. The van der Waals surface area contributed by atoms with Crippen LogP contribution in [0.3, 0.4) is 0 Å². The molecule has 0 saturated heterocycles. The smallest absolute Gasteiger partial charge is 0.355 e. The molecule has 0 saturated carbocycles. The first-order valence-electron chi connectivity index (χ1n) is 15.8. The van der Waals surface area contributed by atoms with E-state index in [1.165, 1.54) is 0 Å². The zero-order chi connectivity index (χ0) is 49.4. The van der Waals surface area contributed by atoms with E-state index in [2.05, 4.69) is 15.0 Å². The molecule has 0 unspecified atom stereocenters. The fourth-order valence-corrected chi connectivity index (χ4v) is 5.79. The second-order valence-corrected chi connectivity index (χ2v) is 13.2. The Morgan fingerprint density at radius 1 is 0.369 bits per heavy atom. The maximum atomic E-state index is 16.2. The molecule has 0 spiro atoms. The molecule has 5 heterocycles. The Labute approximate surface area is 351 Å². The third kappa shape index (κ3) is 7.88. The quantitative estimate of drug-likeness (QED) is 0.173. The molecule has 0 aromatic carbocycles. The Hall–Kier alpha value is -4.67. The number of aromatic nitrogens is 4. The van der Waals surface area contributed by atoms with Gasteiger partial charge in [0.25, 0.3) is 0 Å². The molecule has 364 valence electrons. The standard InChI is InChI=1S/C32H10F28N4.Pt/c33-21(34,25(41,42)29(49,50)51)14-7-13-6-11-2-1-9(61-11)5-10-3-4-12(62-10)8-15-16(22(35,36)26(43,44)30(52,53)54)17(23(37,38)27(45,46)31(55,56)57)20(64-15)18(19(14)63-13)24(39,40)28(47,48)32(58,59)60;/h1-8,61,64H;. The number of halogens is 28. The van der Waals surface area contributed by atoms with E-state index >= 15 is 35.1 Å². The molecule has 0 fully saturated rings. The Balaban J connectivity index is 0.00000925. The number of aromatic amines is 2. The topological polar surface area (TPSA) is 57.4 Å². The van der Waals surface area contributed by atoms with Gasteiger partial charge in [-0.05, 0) is 48.6 Å². The molecule has 4 nitrogen and oxygen atoms in total. The molecular formula is C32H10F28N4Pt. The predicted molar refractivity (Wildman–Crippen MR) is 158 cm³/mol. The van der Waals surface area contributed by atoms with Gasteiger partial charge in [0, 0.05) is 32.1 Å². The number of fused-ring (bicyclic) bond motifs is 8. The van der Waals surface area contributed by atoms with Crippen molar-refractivity contribution in [2.45, 2.75) is 72.1 Å². The van der Waals surface area contributed by atoms with E-state index in [1.807, 2.05) is 0 Å². The van der Waals surface area contributed by atoms with E-state index < -0.39 is 146 Å². The summed E-state index contributed by atoms with van der Waals surface area (Å²) in [6, 6.07) is 1.55. The zero-order valence-electron chi connectivity index (χ0n) is 29.4. The van der Waals surface area contributed by atoms with E-state index in [0.29, 0.717) is 18.2 Å². The van der Waals surface area contributed by atoms with Crippen molar-refractivity contribution in [1.82, 2.24) is 19.9 Å². The van der Waals surface area contributed by atoms with Gasteiger partial charge in [0.2, 0.25) is 0 Å². The van der Waals surface area contributed by atoms with Crippen LogP contribution in [0.25, 0.3) is 45.9 Å². The second kappa shape index (κ2) is 15.2. The fraction of sp³-hybridized carbons (Fsp3) is 0.375. The maximum Gasteiger partial charge on any atom is 0.460 e. The Morgan fingerprint density at radius 2 is 0.723 bits per heavy atom. The first-order chi connectivity index (χ1) is 28.3. The van der Waals surface area contributed by atoms with Crippen LogP contribution in [-0.4, -0.2) is 74.3 Å². The van der Waals surface area contributed by atoms with Gasteiger partial charge in [0.15, 0.2) is 0 Å². The predicted octanol–water partition coefficient (Wildman–Crippen LogP) is 13.7. The molecule has 5 rings (SSSR count). The number of rotatable bonds is 8. The Kier molecular flexibility index (Phi) is 12.4. The van der Waals surface area contributed by atoms with Crippen molar-refractivity contribution in [2.24, 2.45) is 0 Å². The molecule has 65 heavy (non-hydrogen) atoms. The SMILES string of the molecule is FC(F)(F)C(F)(F)C(F)(F)C1=Cc2cc3ccc(cc4nc(cc5[nH]c(c(C(F)(F)C(F)(F)C(F)(F)F)c1n2)c(C(F)(F)C(F)(F)C(F)(F)F)c5C(F)(F)C(F)(F)C(F)(F)F)C=C4)[nH]3.[Pt]. The molecule has 8 bridgehead atoms. The van der Waals surface area contributed by atoms with Crippen LogP contribution in [0.15, 0.2) is 30.3 Å². The molecule has 33 heteroatoms. The number of hydrogen-bond acceptors (Lipinski definition) is 2. The van der Waals surface area contributed by atoms with Gasteiger partial charge in [-0.1, -0.05) is 0 Å². The van der Waals surface area contributed by atoms with E-state index in [4.69, 9.17) is 0 Å². The molecular weight excluding hydrogens is 1170 g/mol. The first-order valence-corrected chi connectivity index (χ1v) is 15.8. The van der Waals surface area contributed by atoms with Crippen LogP contribution in [-0.2, 0) is 38.8 Å². The minimum absolute atomic E-state index is 0. The van der Waals surface area contributed by atoms with Gasteiger partial charge in [-0.2, -0.15) is 123 Å². The Morgan fingerprint density at radius 3 is 1.14 bits per heavy atom. The third-order valence-corrected chi connectivity index (χ3v) is 8.90. The van der Waals surface area contributed by atoms with Gasteiger partial charge >= 0.3 is 72.1 Å². The summed E-state index contributed by atoms with van der Waals surface area (Å²) in [5, 5.41) is 0. The van der Waals surface area contributed by atoms with Crippen molar-refractivity contribution in [3.8, 4) is 0 Å². The van der Waals surface area contributed by atoms with E-state index in [1.54, 1.807) is 0 Å². The van der Waals surface area contributed by atoms with Crippen molar-refractivity contribution in [1.29, 1.82) is 0 Å². The zero-order valence-corrected chi connectivity index (χ0v) is 31.7. The average Bonchev–Trinajstić information content (AvgIpc) is 3.90. The summed E-state index contributed by atoms with van der Waals surface area (Å²) in [5.41, 5.74) is -34.6. The number of hydrogen-bond donors (Lipinski definition) is 2. The van der Waals surface area contributed by atoms with E-state index in [0.717, 1.165) is 12.1 Å².